The van der Waals surface area contributed by atoms with Crippen molar-refractivity contribution in [3.63, 3.8) is 0 Å². The van der Waals surface area contributed by atoms with Gasteiger partial charge in [-0.1, -0.05) is 48.0 Å². The Morgan fingerprint density at radius 1 is 0.958 bits per heavy atom. The summed E-state index contributed by atoms with van der Waals surface area (Å²) in [6.45, 7) is 1.56. The zero-order chi connectivity index (χ0) is 18.5. The van der Waals surface area contributed by atoms with Crippen LogP contribution in [0.3, 0.4) is 0 Å². The fraction of sp³-hybridized carbons (Fsp3) is 0.125. The summed E-state index contributed by atoms with van der Waals surface area (Å²) in [5.41, 5.74) is -0.524. The van der Waals surface area contributed by atoms with Crippen molar-refractivity contribution in [1.29, 1.82) is 0 Å². The lowest BCUT2D eigenvalue weighted by molar-refractivity contribution is -0.137. The molecule has 0 aliphatic carbocycles. The van der Waals surface area contributed by atoms with Gasteiger partial charge in [0.1, 0.15) is 0 Å². The van der Waals surface area contributed by atoms with Crippen LogP contribution in [0, 0.1) is 6.92 Å². The number of aromatic carboxylic acids is 2. The van der Waals surface area contributed by atoms with Crippen molar-refractivity contribution in [2.75, 3.05) is 0 Å². The smallest absolute Gasteiger partial charge is 0.416 e. The van der Waals surface area contributed by atoms with E-state index < -0.39 is 23.7 Å². The molecule has 0 saturated carbocycles. The van der Waals surface area contributed by atoms with Gasteiger partial charge in [0.15, 0.2) is 0 Å². The van der Waals surface area contributed by atoms with Gasteiger partial charge in [0.2, 0.25) is 0 Å². The molecule has 2 rings (SSSR count). The molecule has 2 N–H and O–H groups in total. The van der Waals surface area contributed by atoms with Crippen LogP contribution in [0.25, 0.3) is 0 Å². The van der Waals surface area contributed by atoms with E-state index in [1.807, 2.05) is 0 Å². The number of carbonyl (C=O) groups is 2. The summed E-state index contributed by atoms with van der Waals surface area (Å²) in [7, 11) is 0. The Morgan fingerprint density at radius 3 is 1.88 bits per heavy atom. The molecule has 0 radical (unpaired) electrons. The van der Waals surface area contributed by atoms with E-state index in [1.165, 1.54) is 24.3 Å². The van der Waals surface area contributed by atoms with Crippen LogP contribution in [0.4, 0.5) is 13.2 Å². The van der Waals surface area contributed by atoms with Crippen LogP contribution in [0.2, 0.25) is 5.02 Å². The Labute approximate surface area is 140 Å². The monoisotopic (exact) mass is 360 g/mol. The number of hydrogen-bond donors (Lipinski definition) is 2. The third-order valence-electron chi connectivity index (χ3n) is 2.90. The van der Waals surface area contributed by atoms with Crippen molar-refractivity contribution in [2.24, 2.45) is 0 Å². The average molecular weight is 361 g/mol. The zero-order valence-electron chi connectivity index (χ0n) is 12.3. The van der Waals surface area contributed by atoms with Gasteiger partial charge in [0.25, 0.3) is 0 Å². The molecule has 0 aliphatic heterocycles. The molecule has 0 heterocycles. The Balaban J connectivity index is 0.000000254. The molecule has 24 heavy (non-hydrogen) atoms. The number of rotatable bonds is 2. The van der Waals surface area contributed by atoms with E-state index in [0.717, 1.165) is 12.1 Å². The number of benzene rings is 2. The normalized spacial score (nSPS) is 10.5. The van der Waals surface area contributed by atoms with Crippen molar-refractivity contribution in [3.05, 3.63) is 69.7 Å². The molecule has 0 amide bonds. The average Bonchev–Trinajstić information content (AvgIpc) is 2.47. The Morgan fingerprint density at radius 2 is 1.50 bits per heavy atom. The van der Waals surface area contributed by atoms with Gasteiger partial charge in [-0.2, -0.15) is 13.2 Å². The largest absolute Gasteiger partial charge is 0.478 e. The summed E-state index contributed by atoms with van der Waals surface area (Å²) in [4.78, 5) is 21.4. The maximum atomic E-state index is 11.8. The molecule has 8 heteroatoms. The maximum Gasteiger partial charge on any atom is 0.416 e. The minimum Gasteiger partial charge on any atom is -0.478 e. The van der Waals surface area contributed by atoms with Gasteiger partial charge < -0.3 is 10.2 Å². The first kappa shape index (κ1) is 19.5. The third kappa shape index (κ3) is 4.99. The fourth-order valence-corrected chi connectivity index (χ4v) is 2.10. The number of carboxylic acid groups (broad SMARTS) is 2. The van der Waals surface area contributed by atoms with E-state index in [0.29, 0.717) is 5.56 Å². The van der Waals surface area contributed by atoms with Crippen LogP contribution < -0.4 is 0 Å². The Kier molecular flexibility index (Phi) is 6.36. The summed E-state index contributed by atoms with van der Waals surface area (Å²) in [5.74, 6) is -2.46. The lowest BCUT2D eigenvalue weighted by Gasteiger charge is -2.05. The van der Waals surface area contributed by atoms with Crippen LogP contribution >= 0.6 is 11.6 Å². The van der Waals surface area contributed by atoms with E-state index >= 15 is 0 Å². The second-order valence-electron chi connectivity index (χ2n) is 4.59. The molecule has 0 bridgehead atoms. The molecule has 128 valence electrons. The first-order chi connectivity index (χ1) is 11.1. The highest BCUT2D eigenvalue weighted by atomic mass is 35.5. The minimum absolute atomic E-state index is 0.161. The molecule has 0 spiro atoms. The molecule has 0 atom stereocenters. The summed E-state index contributed by atoms with van der Waals surface area (Å²) in [6.07, 6.45) is -4.21. The van der Waals surface area contributed by atoms with Crippen molar-refractivity contribution < 1.29 is 33.0 Å². The molecule has 2 aromatic carbocycles. The minimum atomic E-state index is -4.21. The first-order valence-electron chi connectivity index (χ1n) is 6.43. The van der Waals surface area contributed by atoms with E-state index in [4.69, 9.17) is 21.8 Å². The SMILES string of the molecule is Cc1ccc(C(=O)O)c(Cl)c1C(=O)O.FC(F)(F)c1ccccc1. The second-order valence-corrected chi connectivity index (χ2v) is 4.97. The van der Waals surface area contributed by atoms with Gasteiger partial charge in [-0.25, -0.2) is 9.59 Å². The summed E-state index contributed by atoms with van der Waals surface area (Å²) in [6, 6.07) is 9.06. The van der Waals surface area contributed by atoms with Gasteiger partial charge in [-0.05, 0) is 18.6 Å². The Hall–Kier alpha value is -2.54. The van der Waals surface area contributed by atoms with E-state index in [2.05, 4.69) is 0 Å². The van der Waals surface area contributed by atoms with Crippen molar-refractivity contribution >= 4 is 23.5 Å². The summed E-state index contributed by atoms with van der Waals surface area (Å²) in [5, 5.41) is 17.2. The topological polar surface area (TPSA) is 74.6 Å². The number of hydrogen-bond acceptors (Lipinski definition) is 2. The molecule has 0 fully saturated rings. The van der Waals surface area contributed by atoms with Crippen LogP contribution in [0.15, 0.2) is 42.5 Å². The highest BCUT2D eigenvalue weighted by Crippen LogP contribution is 2.28. The number of alkyl halides is 3. The number of halogens is 4. The van der Waals surface area contributed by atoms with Crippen LogP contribution in [0.5, 0.6) is 0 Å². The van der Waals surface area contributed by atoms with Gasteiger partial charge in [0, 0.05) is 0 Å². The highest BCUT2D eigenvalue weighted by Gasteiger charge is 2.29. The summed E-state index contributed by atoms with van der Waals surface area (Å²) < 4.78 is 35.4. The van der Waals surface area contributed by atoms with Crippen LogP contribution in [-0.2, 0) is 6.18 Å². The number of aryl methyl sites for hydroxylation is 1. The third-order valence-corrected chi connectivity index (χ3v) is 3.29. The van der Waals surface area contributed by atoms with E-state index in [9.17, 15) is 22.8 Å². The number of carboxylic acids is 2. The van der Waals surface area contributed by atoms with Gasteiger partial charge in [-0.15, -0.1) is 0 Å². The second kappa shape index (κ2) is 7.83. The van der Waals surface area contributed by atoms with Crippen molar-refractivity contribution in [2.45, 2.75) is 13.1 Å². The van der Waals surface area contributed by atoms with Gasteiger partial charge in [0.05, 0.1) is 21.7 Å². The predicted octanol–water partition coefficient (Wildman–Crippen LogP) is 4.75. The highest BCUT2D eigenvalue weighted by molar-refractivity contribution is 6.36. The fourth-order valence-electron chi connectivity index (χ4n) is 1.73. The van der Waals surface area contributed by atoms with Gasteiger partial charge in [-0.3, -0.25) is 0 Å². The molecule has 0 saturated heterocycles. The molecule has 0 unspecified atom stereocenters. The van der Waals surface area contributed by atoms with E-state index in [-0.39, 0.29) is 16.1 Å². The Bertz CT molecular complexity index is 743. The molecule has 0 aromatic heterocycles. The lowest BCUT2D eigenvalue weighted by atomic mass is 10.1. The quantitative estimate of drug-likeness (QED) is 0.810. The standard InChI is InChI=1S/C9H7ClO4.C7H5F3/c1-4-2-3-5(8(11)12)7(10)6(4)9(13)14;8-7(9,10)6-4-2-1-3-5-6/h2-3H,1H3,(H,11,12)(H,13,14);1-5H. The summed E-state index contributed by atoms with van der Waals surface area (Å²) >= 11 is 5.64. The zero-order valence-corrected chi connectivity index (χ0v) is 13.0. The van der Waals surface area contributed by atoms with Gasteiger partial charge >= 0.3 is 18.1 Å². The maximum absolute atomic E-state index is 11.8. The van der Waals surface area contributed by atoms with Crippen molar-refractivity contribution in [3.8, 4) is 0 Å². The van der Waals surface area contributed by atoms with Crippen molar-refractivity contribution in [1.82, 2.24) is 0 Å². The molecular formula is C16H12ClF3O4. The van der Waals surface area contributed by atoms with Crippen LogP contribution in [-0.4, -0.2) is 22.2 Å². The first-order valence-corrected chi connectivity index (χ1v) is 6.81. The molecule has 0 aliphatic rings. The van der Waals surface area contributed by atoms with E-state index in [1.54, 1.807) is 13.0 Å². The molecule has 2 aromatic rings. The molecule has 4 nitrogen and oxygen atoms in total. The lowest BCUT2D eigenvalue weighted by Crippen LogP contribution is -2.06. The molecular weight excluding hydrogens is 349 g/mol. The predicted molar refractivity (Wildman–Crippen MR) is 81.6 cm³/mol. The van der Waals surface area contributed by atoms with Crippen LogP contribution in [0.1, 0.15) is 31.8 Å².